The van der Waals surface area contributed by atoms with Gasteiger partial charge >= 0.3 is 0 Å². The van der Waals surface area contributed by atoms with Crippen molar-refractivity contribution < 1.29 is 9.59 Å². The number of hydrogen-bond donors (Lipinski definition) is 1. The van der Waals surface area contributed by atoms with Crippen LogP contribution < -0.4 is 5.32 Å². The molecular weight excluding hydrogens is 264 g/mol. The zero-order chi connectivity index (χ0) is 14.7. The van der Waals surface area contributed by atoms with E-state index in [9.17, 15) is 9.59 Å². The first-order chi connectivity index (χ1) is 10.2. The number of piperidine rings is 1. The van der Waals surface area contributed by atoms with Crippen molar-refractivity contribution in [2.75, 3.05) is 18.4 Å². The largest absolute Gasteiger partial charge is 0.342 e. The fourth-order valence-electron chi connectivity index (χ4n) is 3.04. The second-order valence-corrected chi connectivity index (χ2v) is 6.08. The van der Waals surface area contributed by atoms with Crippen LogP contribution in [-0.4, -0.2) is 29.8 Å². The van der Waals surface area contributed by atoms with E-state index in [1.165, 1.54) is 6.42 Å². The lowest BCUT2D eigenvalue weighted by atomic mass is 9.83. The normalized spacial score (nSPS) is 19.9. The maximum Gasteiger partial charge on any atom is 0.227 e. The lowest BCUT2D eigenvalue weighted by Gasteiger charge is -2.36. The topological polar surface area (TPSA) is 49.4 Å². The predicted octanol–water partition coefficient (Wildman–Crippen LogP) is 2.66. The summed E-state index contributed by atoms with van der Waals surface area (Å²) in [5.41, 5.74) is 0.843. The van der Waals surface area contributed by atoms with E-state index in [4.69, 9.17) is 0 Å². The van der Waals surface area contributed by atoms with Gasteiger partial charge in [-0.15, -0.1) is 0 Å². The number of rotatable bonds is 3. The number of carbonyl (C=O) groups is 2. The van der Waals surface area contributed by atoms with Gasteiger partial charge in [-0.25, -0.2) is 0 Å². The molecule has 1 aliphatic heterocycles. The zero-order valence-electron chi connectivity index (χ0n) is 12.3. The molecule has 0 aromatic heterocycles. The van der Waals surface area contributed by atoms with Gasteiger partial charge in [-0.3, -0.25) is 9.59 Å². The number of benzene rings is 1. The van der Waals surface area contributed by atoms with Gasteiger partial charge in [-0.1, -0.05) is 24.6 Å². The van der Waals surface area contributed by atoms with Gasteiger partial charge in [0.1, 0.15) is 0 Å². The Balaban J connectivity index is 1.48. The molecule has 0 unspecified atom stereocenters. The smallest absolute Gasteiger partial charge is 0.227 e. The molecule has 2 amide bonds. The highest BCUT2D eigenvalue weighted by Gasteiger charge is 2.33. The summed E-state index contributed by atoms with van der Waals surface area (Å²) in [5, 5.41) is 2.96. The van der Waals surface area contributed by atoms with Crippen LogP contribution in [0.4, 0.5) is 5.69 Å². The fourth-order valence-corrected chi connectivity index (χ4v) is 3.04. The highest BCUT2D eigenvalue weighted by molar-refractivity contribution is 5.92. The minimum Gasteiger partial charge on any atom is -0.342 e. The van der Waals surface area contributed by atoms with Gasteiger partial charge in [0.2, 0.25) is 11.8 Å². The van der Waals surface area contributed by atoms with E-state index < -0.39 is 0 Å². The lowest BCUT2D eigenvalue weighted by Crippen LogP contribution is -2.45. The number of carbonyl (C=O) groups excluding carboxylic acids is 2. The molecule has 112 valence electrons. The van der Waals surface area contributed by atoms with E-state index in [0.29, 0.717) is 5.91 Å². The Bertz CT molecular complexity index is 503. The highest BCUT2D eigenvalue weighted by atomic mass is 16.2. The fraction of sp³-hybridized carbons (Fsp3) is 0.529. The standard InChI is InChI=1S/C17H22N2O2/c20-16(18-15-7-2-1-3-8-15)13-9-11-19(12-10-13)17(21)14-5-4-6-14/h1-3,7-8,13-14H,4-6,9-12H2,(H,18,20). The maximum absolute atomic E-state index is 12.2. The summed E-state index contributed by atoms with van der Waals surface area (Å²) in [6.07, 6.45) is 4.83. The Morgan fingerprint density at radius 1 is 0.952 bits per heavy atom. The molecule has 1 aromatic rings. The molecule has 0 spiro atoms. The molecule has 21 heavy (non-hydrogen) atoms. The van der Waals surface area contributed by atoms with Gasteiger partial charge in [-0.05, 0) is 37.8 Å². The third kappa shape index (κ3) is 3.26. The van der Waals surface area contributed by atoms with E-state index in [0.717, 1.165) is 44.5 Å². The Hall–Kier alpha value is -1.84. The van der Waals surface area contributed by atoms with Gasteiger partial charge < -0.3 is 10.2 Å². The Morgan fingerprint density at radius 3 is 2.19 bits per heavy atom. The second-order valence-electron chi connectivity index (χ2n) is 6.08. The highest BCUT2D eigenvalue weighted by Crippen LogP contribution is 2.30. The van der Waals surface area contributed by atoms with Crippen LogP contribution in [0.15, 0.2) is 30.3 Å². The molecule has 1 heterocycles. The first-order valence-corrected chi connectivity index (χ1v) is 7.89. The molecule has 4 nitrogen and oxygen atoms in total. The summed E-state index contributed by atoms with van der Waals surface area (Å²) in [7, 11) is 0. The molecule has 3 rings (SSSR count). The summed E-state index contributed by atoms with van der Waals surface area (Å²) < 4.78 is 0. The minimum atomic E-state index is 0.0237. The molecule has 0 radical (unpaired) electrons. The Morgan fingerprint density at radius 2 is 1.62 bits per heavy atom. The monoisotopic (exact) mass is 286 g/mol. The number of nitrogens with one attached hydrogen (secondary N) is 1. The van der Waals surface area contributed by atoms with Crippen molar-refractivity contribution in [3.63, 3.8) is 0 Å². The molecule has 2 aliphatic rings. The third-order valence-corrected chi connectivity index (χ3v) is 4.67. The number of amides is 2. The molecule has 1 N–H and O–H groups in total. The van der Waals surface area contributed by atoms with Crippen LogP contribution in [0.2, 0.25) is 0 Å². The van der Waals surface area contributed by atoms with E-state index >= 15 is 0 Å². The summed E-state index contributed by atoms with van der Waals surface area (Å²) in [4.78, 5) is 26.4. The Kier molecular flexibility index (Phi) is 4.23. The summed E-state index contributed by atoms with van der Waals surface area (Å²) in [5.74, 6) is 0.676. The summed E-state index contributed by atoms with van der Waals surface area (Å²) in [6.45, 7) is 1.45. The molecular formula is C17H22N2O2. The van der Waals surface area contributed by atoms with Crippen molar-refractivity contribution in [3.05, 3.63) is 30.3 Å². The van der Waals surface area contributed by atoms with Gasteiger partial charge in [0.05, 0.1) is 0 Å². The third-order valence-electron chi connectivity index (χ3n) is 4.67. The van der Waals surface area contributed by atoms with Gasteiger partial charge in [-0.2, -0.15) is 0 Å². The van der Waals surface area contributed by atoms with Gasteiger partial charge in [0.25, 0.3) is 0 Å². The number of anilines is 1. The van der Waals surface area contributed by atoms with Crippen molar-refractivity contribution >= 4 is 17.5 Å². The van der Waals surface area contributed by atoms with E-state index in [1.807, 2.05) is 35.2 Å². The molecule has 1 saturated heterocycles. The van der Waals surface area contributed by atoms with E-state index in [2.05, 4.69) is 5.32 Å². The average molecular weight is 286 g/mol. The van der Waals surface area contributed by atoms with Crippen molar-refractivity contribution in [2.45, 2.75) is 32.1 Å². The maximum atomic E-state index is 12.2. The van der Waals surface area contributed by atoms with Crippen molar-refractivity contribution in [3.8, 4) is 0 Å². The zero-order valence-corrected chi connectivity index (χ0v) is 12.3. The molecule has 1 aliphatic carbocycles. The molecule has 4 heteroatoms. The van der Waals surface area contributed by atoms with Crippen molar-refractivity contribution in [1.82, 2.24) is 4.90 Å². The number of hydrogen-bond acceptors (Lipinski definition) is 2. The van der Waals surface area contributed by atoms with Crippen LogP contribution in [0.3, 0.4) is 0 Å². The molecule has 1 aromatic carbocycles. The molecule has 2 fully saturated rings. The Labute approximate surface area is 125 Å². The van der Waals surface area contributed by atoms with Crippen molar-refractivity contribution in [1.29, 1.82) is 0 Å². The van der Waals surface area contributed by atoms with Gasteiger partial charge in [0.15, 0.2) is 0 Å². The number of para-hydroxylation sites is 1. The van der Waals surface area contributed by atoms with Crippen LogP contribution in [0.1, 0.15) is 32.1 Å². The SMILES string of the molecule is O=C(Nc1ccccc1)C1CCN(C(=O)C2CCC2)CC1. The average Bonchev–Trinajstić information content (AvgIpc) is 2.46. The first kappa shape index (κ1) is 14.1. The number of likely N-dealkylation sites (tertiary alicyclic amines) is 1. The molecule has 1 saturated carbocycles. The first-order valence-electron chi connectivity index (χ1n) is 7.89. The quantitative estimate of drug-likeness (QED) is 0.928. The lowest BCUT2D eigenvalue weighted by molar-refractivity contribution is -0.140. The van der Waals surface area contributed by atoms with E-state index in [-0.39, 0.29) is 17.7 Å². The van der Waals surface area contributed by atoms with Crippen LogP contribution in [0, 0.1) is 11.8 Å². The predicted molar refractivity (Wildman–Crippen MR) is 81.7 cm³/mol. The minimum absolute atomic E-state index is 0.0237. The summed E-state index contributed by atoms with van der Waals surface area (Å²) in [6, 6.07) is 9.55. The van der Waals surface area contributed by atoms with Crippen LogP contribution >= 0.6 is 0 Å². The van der Waals surface area contributed by atoms with Crippen LogP contribution in [-0.2, 0) is 9.59 Å². The van der Waals surface area contributed by atoms with Crippen molar-refractivity contribution in [2.24, 2.45) is 11.8 Å². The van der Waals surface area contributed by atoms with Crippen LogP contribution in [0.5, 0.6) is 0 Å². The number of nitrogens with zero attached hydrogens (tertiary/aromatic N) is 1. The molecule has 0 bridgehead atoms. The van der Waals surface area contributed by atoms with Crippen LogP contribution in [0.25, 0.3) is 0 Å². The van der Waals surface area contributed by atoms with E-state index in [1.54, 1.807) is 0 Å². The summed E-state index contributed by atoms with van der Waals surface area (Å²) >= 11 is 0. The van der Waals surface area contributed by atoms with Gasteiger partial charge in [0, 0.05) is 30.6 Å². The second kappa shape index (κ2) is 6.29. The molecule has 0 atom stereocenters.